The van der Waals surface area contributed by atoms with Crippen LogP contribution in [-0.2, 0) is 80.1 Å². The van der Waals surface area contributed by atoms with Crippen LogP contribution in [0.15, 0.2) is 0 Å². The van der Waals surface area contributed by atoms with Gasteiger partial charge >= 0.3 is 187 Å². The molecule has 128 valence electrons. The summed E-state index contributed by atoms with van der Waals surface area (Å²) >= 11 is -23.5. The van der Waals surface area contributed by atoms with E-state index in [2.05, 4.69) is 0 Å². The minimum absolute atomic E-state index is 0. The van der Waals surface area contributed by atoms with E-state index in [0.717, 1.165) is 0 Å². The van der Waals surface area contributed by atoms with E-state index >= 15 is 0 Å². The number of rotatable bonds is 0. The summed E-state index contributed by atoms with van der Waals surface area (Å²) in [5.41, 5.74) is 0. The Labute approximate surface area is 185 Å². The average Bonchev–Trinajstić information content (AvgIpc) is 1.62. The Kier molecular flexibility index (Phi) is 38.9. The summed E-state index contributed by atoms with van der Waals surface area (Å²) in [5, 5.41) is 0. The van der Waals surface area contributed by atoms with Crippen LogP contribution in [0, 0.1) is 0 Å². The SMILES string of the molecule is O=[As]([O-])([O-])[O-].O=[As]([O-])([O-])[O-].O=[As]([O-])([O-])[O-].O=[As]([O-])([O-])[O-].[Ti+4].[Ti+4].[Ti+4]. The van der Waals surface area contributed by atoms with Crippen LogP contribution in [0.1, 0.15) is 0 Å². The molecule has 0 saturated heterocycles. The van der Waals surface area contributed by atoms with Gasteiger partial charge in [-0.05, 0) is 0 Å². The van der Waals surface area contributed by atoms with E-state index < -0.39 is 58.1 Å². The van der Waals surface area contributed by atoms with Crippen molar-refractivity contribution in [2.24, 2.45) is 0 Å². The van der Waals surface area contributed by atoms with Gasteiger partial charge < -0.3 is 0 Å². The third kappa shape index (κ3) is 1400. The molecule has 0 spiro atoms. The van der Waals surface area contributed by atoms with Crippen molar-refractivity contribution in [3.63, 3.8) is 0 Å². The molecule has 0 bridgehead atoms. The van der Waals surface area contributed by atoms with Crippen LogP contribution in [0.25, 0.3) is 0 Å². The minimum Gasteiger partial charge on any atom is 4.00 e. The molecular formula is As4O16Ti3. The standard InChI is InChI=1S/4AsH3O4.3Ti/c4*2-1(3,4)5;;;/h4*(H3,2,3,4,5);;;/q;;;;3*+4/p-12. The summed E-state index contributed by atoms with van der Waals surface area (Å²) in [6.07, 6.45) is 0. The van der Waals surface area contributed by atoms with Gasteiger partial charge in [-0.2, -0.15) is 0 Å². The van der Waals surface area contributed by atoms with Gasteiger partial charge in [0.05, 0.1) is 0 Å². The van der Waals surface area contributed by atoms with Crippen molar-refractivity contribution in [1.82, 2.24) is 0 Å². The van der Waals surface area contributed by atoms with Gasteiger partial charge in [0.15, 0.2) is 0 Å². The van der Waals surface area contributed by atoms with Crippen molar-refractivity contribution < 1.29 is 129 Å². The molecule has 0 heterocycles. The fourth-order valence-corrected chi connectivity index (χ4v) is 0. The largest absolute Gasteiger partial charge is 4.00 e. The summed E-state index contributed by atoms with van der Waals surface area (Å²) in [6, 6.07) is 0. The van der Waals surface area contributed by atoms with Gasteiger partial charge in [-0.3, -0.25) is 0 Å². The summed E-state index contributed by atoms with van der Waals surface area (Å²) in [7, 11) is 0. The molecule has 0 aromatic heterocycles. The summed E-state index contributed by atoms with van der Waals surface area (Å²) in [5.74, 6) is 0. The molecule has 0 aromatic rings. The van der Waals surface area contributed by atoms with E-state index in [1.807, 2.05) is 0 Å². The molecule has 0 N–H and O–H groups in total. The fraction of sp³-hybridized carbons (Fsp3) is 0. The first kappa shape index (κ1) is 45.1. The topological polar surface area (TPSA) is 345 Å². The Bertz CT molecular complexity index is 292. The second-order valence-electron chi connectivity index (χ2n) is 1.79. The molecule has 0 atom stereocenters. The van der Waals surface area contributed by atoms with Gasteiger partial charge in [0.1, 0.15) is 0 Å². The van der Waals surface area contributed by atoms with Gasteiger partial charge in [0.2, 0.25) is 0 Å². The van der Waals surface area contributed by atoms with Crippen molar-refractivity contribution >= 4 is 58.1 Å². The van der Waals surface area contributed by atoms with E-state index in [1.54, 1.807) is 0 Å². The molecular weight excluding hydrogens is 699 g/mol. The van der Waals surface area contributed by atoms with Crippen molar-refractivity contribution in [2.45, 2.75) is 0 Å². The van der Waals surface area contributed by atoms with Crippen LogP contribution in [0.2, 0.25) is 0 Å². The smallest absolute Gasteiger partial charge is 4.00 e. The zero-order chi connectivity index (χ0) is 18.0. The molecule has 0 radical (unpaired) electrons. The molecule has 0 aliphatic rings. The van der Waals surface area contributed by atoms with E-state index in [0.29, 0.717) is 0 Å². The molecule has 0 rings (SSSR count). The third-order valence-corrected chi connectivity index (χ3v) is 0. The van der Waals surface area contributed by atoms with Gasteiger partial charge in [-0.25, -0.2) is 0 Å². The molecule has 0 fully saturated rings. The number of hydrogen-bond acceptors (Lipinski definition) is 16. The first-order valence-electron chi connectivity index (χ1n) is 2.92. The van der Waals surface area contributed by atoms with Crippen LogP contribution in [0.3, 0.4) is 0 Å². The van der Waals surface area contributed by atoms with E-state index in [1.165, 1.54) is 0 Å². The zero-order valence-corrected chi connectivity index (χ0v) is 22.0. The van der Waals surface area contributed by atoms with Crippen molar-refractivity contribution in [3.8, 4) is 0 Å². The molecule has 0 amide bonds. The quantitative estimate of drug-likeness (QED) is 0.212. The van der Waals surface area contributed by atoms with E-state index in [9.17, 15) is 0 Å². The second kappa shape index (κ2) is 19.8. The predicted molar refractivity (Wildman–Crippen MR) is 25.8 cm³/mol. The monoisotopic (exact) mass is 699 g/mol. The minimum atomic E-state index is -5.88. The summed E-state index contributed by atoms with van der Waals surface area (Å²) in [6.45, 7) is 0. The third-order valence-electron chi connectivity index (χ3n) is 0. The first-order valence-corrected chi connectivity index (χ1v) is 15.2. The van der Waals surface area contributed by atoms with Crippen LogP contribution in [-0.4, -0.2) is 58.1 Å². The van der Waals surface area contributed by atoms with Crippen LogP contribution >= 0.6 is 0 Å². The molecule has 16 nitrogen and oxygen atoms in total. The molecule has 0 unspecified atom stereocenters. The van der Waals surface area contributed by atoms with Crippen molar-refractivity contribution in [3.05, 3.63) is 0 Å². The fourth-order valence-electron chi connectivity index (χ4n) is 0. The van der Waals surface area contributed by atoms with E-state index in [4.69, 9.17) is 64.1 Å². The summed E-state index contributed by atoms with van der Waals surface area (Å²) < 4.78 is 138. The summed E-state index contributed by atoms with van der Waals surface area (Å²) in [4.78, 5) is 0. The Morgan fingerprint density at radius 2 is 0.304 bits per heavy atom. The van der Waals surface area contributed by atoms with E-state index in [-0.39, 0.29) is 65.2 Å². The average molecular weight is 699 g/mol. The van der Waals surface area contributed by atoms with Gasteiger partial charge in [-0.1, -0.05) is 0 Å². The van der Waals surface area contributed by atoms with Gasteiger partial charge in [-0.15, -0.1) is 0 Å². The maximum Gasteiger partial charge on any atom is 4.00 e. The van der Waals surface area contributed by atoms with Crippen LogP contribution < -0.4 is 49.1 Å². The zero-order valence-electron chi connectivity index (χ0n) is 9.82. The predicted octanol–water partition coefficient (Wildman–Crippen LogP) is -16.3. The van der Waals surface area contributed by atoms with Crippen molar-refractivity contribution in [2.75, 3.05) is 0 Å². The van der Waals surface area contributed by atoms with Crippen LogP contribution in [0.4, 0.5) is 0 Å². The maximum atomic E-state index is 8.61. The van der Waals surface area contributed by atoms with Crippen LogP contribution in [0.5, 0.6) is 0 Å². The second-order valence-corrected chi connectivity index (χ2v) is 9.30. The Hall–Kier alpha value is 3.10. The molecule has 0 saturated carbocycles. The number of hydrogen-bond donors (Lipinski definition) is 0. The Morgan fingerprint density at radius 1 is 0.304 bits per heavy atom. The first-order chi connectivity index (χ1) is 8.00. The Morgan fingerprint density at radius 3 is 0.304 bits per heavy atom. The van der Waals surface area contributed by atoms with Gasteiger partial charge in [0.25, 0.3) is 0 Å². The Balaban J connectivity index is -0.0000000284. The maximum absolute atomic E-state index is 8.61. The van der Waals surface area contributed by atoms with Gasteiger partial charge in [0, 0.05) is 0 Å². The molecule has 23 heteroatoms. The van der Waals surface area contributed by atoms with Crippen molar-refractivity contribution in [1.29, 1.82) is 0 Å². The molecule has 23 heavy (non-hydrogen) atoms. The molecule has 0 aliphatic carbocycles. The molecule has 0 aliphatic heterocycles. The normalized spacial score (nSPS) is 10.3. The molecule has 0 aromatic carbocycles.